The van der Waals surface area contributed by atoms with Gasteiger partial charge in [0.05, 0.1) is 18.6 Å². The first kappa shape index (κ1) is 17.8. The summed E-state index contributed by atoms with van der Waals surface area (Å²) in [4.78, 5) is 23.8. The minimum atomic E-state index is -0.923. The second-order valence-corrected chi connectivity index (χ2v) is 5.47. The van der Waals surface area contributed by atoms with Crippen molar-refractivity contribution in [1.29, 1.82) is 0 Å². The Balaban J connectivity index is 2.55. The molecule has 0 aliphatic carbocycles. The van der Waals surface area contributed by atoms with Crippen molar-refractivity contribution in [3.8, 4) is 5.75 Å². The fourth-order valence-corrected chi connectivity index (χ4v) is 1.85. The molecular formula is C16H24N2O4. The third kappa shape index (κ3) is 6.03. The van der Waals surface area contributed by atoms with Gasteiger partial charge in [0.25, 0.3) is 0 Å². The van der Waals surface area contributed by atoms with Gasteiger partial charge in [0.1, 0.15) is 5.75 Å². The molecule has 2 amide bonds. The number of amides is 2. The molecule has 0 radical (unpaired) electrons. The molecule has 2 N–H and O–H groups in total. The lowest BCUT2D eigenvalue weighted by Crippen LogP contribution is -2.39. The second kappa shape index (κ2) is 8.26. The Bertz CT molecular complexity index is 499. The number of carboxylic acids is 1. The molecule has 1 aromatic rings. The molecule has 1 atom stereocenters. The molecule has 0 bridgehead atoms. The minimum absolute atomic E-state index is 0.0699. The van der Waals surface area contributed by atoms with Gasteiger partial charge in [-0.1, -0.05) is 12.1 Å². The van der Waals surface area contributed by atoms with Crippen molar-refractivity contribution in [2.75, 3.05) is 13.6 Å². The van der Waals surface area contributed by atoms with E-state index in [0.717, 1.165) is 11.3 Å². The Kier molecular flexibility index (Phi) is 6.69. The number of carbonyl (C=O) groups excluding carboxylic acids is 1. The number of hydrogen-bond donors (Lipinski definition) is 2. The summed E-state index contributed by atoms with van der Waals surface area (Å²) in [6.07, 6.45) is 0.0466. The molecule has 0 aliphatic heterocycles. The van der Waals surface area contributed by atoms with Crippen LogP contribution in [0, 0.1) is 0 Å². The van der Waals surface area contributed by atoms with E-state index in [1.807, 2.05) is 45.0 Å². The van der Waals surface area contributed by atoms with Gasteiger partial charge in [0, 0.05) is 13.6 Å². The molecule has 0 spiro atoms. The van der Waals surface area contributed by atoms with Gasteiger partial charge < -0.3 is 20.1 Å². The maximum Gasteiger partial charge on any atom is 0.317 e. The highest BCUT2D eigenvalue weighted by Gasteiger charge is 2.14. The van der Waals surface area contributed by atoms with Gasteiger partial charge in [-0.2, -0.15) is 0 Å². The average molecular weight is 308 g/mol. The molecule has 6 nitrogen and oxygen atoms in total. The zero-order valence-electron chi connectivity index (χ0n) is 13.5. The molecule has 1 unspecified atom stereocenters. The van der Waals surface area contributed by atoms with Crippen molar-refractivity contribution in [2.24, 2.45) is 0 Å². The Hall–Kier alpha value is -2.24. The molecule has 122 valence electrons. The molecule has 6 heteroatoms. The van der Waals surface area contributed by atoms with E-state index in [2.05, 4.69) is 5.32 Å². The van der Waals surface area contributed by atoms with Gasteiger partial charge in [0.2, 0.25) is 0 Å². The Morgan fingerprint density at radius 3 is 2.32 bits per heavy atom. The molecule has 0 aliphatic rings. The second-order valence-electron chi connectivity index (χ2n) is 5.47. The lowest BCUT2D eigenvalue weighted by molar-refractivity contribution is -0.137. The van der Waals surface area contributed by atoms with Crippen LogP contribution in [0.4, 0.5) is 4.79 Å². The van der Waals surface area contributed by atoms with Crippen LogP contribution in [0.2, 0.25) is 0 Å². The van der Waals surface area contributed by atoms with Crippen LogP contribution in [0.15, 0.2) is 24.3 Å². The Morgan fingerprint density at radius 2 is 1.82 bits per heavy atom. The fourth-order valence-electron chi connectivity index (χ4n) is 1.85. The first-order valence-electron chi connectivity index (χ1n) is 7.29. The monoisotopic (exact) mass is 308 g/mol. The fraction of sp³-hybridized carbons (Fsp3) is 0.500. The summed E-state index contributed by atoms with van der Waals surface area (Å²) in [6.45, 7) is 5.98. The molecule has 0 heterocycles. The molecular weight excluding hydrogens is 284 g/mol. The van der Waals surface area contributed by atoms with E-state index in [1.54, 1.807) is 7.05 Å². The Morgan fingerprint density at radius 1 is 1.23 bits per heavy atom. The van der Waals surface area contributed by atoms with Crippen molar-refractivity contribution in [1.82, 2.24) is 10.2 Å². The lowest BCUT2D eigenvalue weighted by Gasteiger charge is -2.21. The standard InChI is InChI=1S/C16H24N2O4/c1-11(2)22-14-7-5-13(6-8-14)12(3)17-16(21)18(4)10-9-15(19)20/h5-8,11-12H,9-10H2,1-4H3,(H,17,21)(H,19,20). The van der Waals surface area contributed by atoms with Gasteiger partial charge in [-0.3, -0.25) is 4.79 Å². The van der Waals surface area contributed by atoms with E-state index >= 15 is 0 Å². The van der Waals surface area contributed by atoms with Crippen molar-refractivity contribution in [3.05, 3.63) is 29.8 Å². The van der Waals surface area contributed by atoms with Crippen molar-refractivity contribution in [3.63, 3.8) is 0 Å². The highest BCUT2D eigenvalue weighted by atomic mass is 16.5. The van der Waals surface area contributed by atoms with Gasteiger partial charge in [-0.15, -0.1) is 0 Å². The summed E-state index contributed by atoms with van der Waals surface area (Å²) >= 11 is 0. The van der Waals surface area contributed by atoms with E-state index in [-0.39, 0.29) is 31.1 Å². The summed E-state index contributed by atoms with van der Waals surface area (Å²) in [6, 6.07) is 7.07. The number of carbonyl (C=O) groups is 2. The Labute approximate surface area is 131 Å². The maximum absolute atomic E-state index is 11.9. The van der Waals surface area contributed by atoms with Gasteiger partial charge in [-0.25, -0.2) is 4.79 Å². The van der Waals surface area contributed by atoms with Crippen LogP contribution in [-0.2, 0) is 4.79 Å². The summed E-state index contributed by atoms with van der Waals surface area (Å²) in [7, 11) is 1.57. The van der Waals surface area contributed by atoms with Crippen LogP contribution < -0.4 is 10.1 Å². The number of nitrogens with zero attached hydrogens (tertiary/aromatic N) is 1. The molecule has 0 aromatic heterocycles. The zero-order valence-corrected chi connectivity index (χ0v) is 13.5. The van der Waals surface area contributed by atoms with Crippen LogP contribution in [-0.4, -0.2) is 41.7 Å². The maximum atomic E-state index is 11.9. The van der Waals surface area contributed by atoms with E-state index in [4.69, 9.17) is 9.84 Å². The summed E-state index contributed by atoms with van der Waals surface area (Å²) < 4.78 is 5.57. The van der Waals surface area contributed by atoms with E-state index in [1.165, 1.54) is 4.90 Å². The number of benzene rings is 1. The SMILES string of the molecule is CC(C)Oc1ccc(C(C)NC(=O)N(C)CCC(=O)O)cc1. The minimum Gasteiger partial charge on any atom is -0.491 e. The smallest absolute Gasteiger partial charge is 0.317 e. The largest absolute Gasteiger partial charge is 0.491 e. The van der Waals surface area contributed by atoms with E-state index in [0.29, 0.717) is 0 Å². The number of urea groups is 1. The number of nitrogens with one attached hydrogen (secondary N) is 1. The molecule has 0 saturated heterocycles. The van der Waals surface area contributed by atoms with Crippen molar-refractivity contribution >= 4 is 12.0 Å². The molecule has 0 fully saturated rings. The average Bonchev–Trinajstić information content (AvgIpc) is 2.44. The number of ether oxygens (including phenoxy) is 1. The van der Waals surface area contributed by atoms with E-state index < -0.39 is 5.97 Å². The summed E-state index contributed by atoms with van der Waals surface area (Å²) in [5, 5.41) is 11.5. The summed E-state index contributed by atoms with van der Waals surface area (Å²) in [5.74, 6) is -0.135. The number of hydrogen-bond acceptors (Lipinski definition) is 3. The number of carboxylic acid groups (broad SMARTS) is 1. The quantitative estimate of drug-likeness (QED) is 0.811. The third-order valence-corrected chi connectivity index (χ3v) is 3.10. The van der Waals surface area contributed by atoms with Crippen LogP contribution >= 0.6 is 0 Å². The molecule has 0 saturated carbocycles. The lowest BCUT2D eigenvalue weighted by atomic mass is 10.1. The normalized spacial score (nSPS) is 11.9. The van der Waals surface area contributed by atoms with E-state index in [9.17, 15) is 9.59 Å². The molecule has 1 rings (SSSR count). The first-order chi connectivity index (χ1) is 10.3. The third-order valence-electron chi connectivity index (χ3n) is 3.10. The first-order valence-corrected chi connectivity index (χ1v) is 7.29. The zero-order chi connectivity index (χ0) is 16.7. The van der Waals surface area contributed by atoms with Crippen molar-refractivity contribution < 1.29 is 19.4 Å². The van der Waals surface area contributed by atoms with Gasteiger partial charge in [0.15, 0.2) is 0 Å². The summed E-state index contributed by atoms with van der Waals surface area (Å²) in [5.41, 5.74) is 0.955. The van der Waals surface area contributed by atoms with Gasteiger partial charge in [-0.05, 0) is 38.5 Å². The predicted molar refractivity (Wildman–Crippen MR) is 84.0 cm³/mol. The van der Waals surface area contributed by atoms with Crippen LogP contribution in [0.25, 0.3) is 0 Å². The van der Waals surface area contributed by atoms with Crippen LogP contribution in [0.3, 0.4) is 0 Å². The van der Waals surface area contributed by atoms with Gasteiger partial charge >= 0.3 is 12.0 Å². The van der Waals surface area contributed by atoms with Crippen molar-refractivity contribution in [2.45, 2.75) is 39.3 Å². The molecule has 1 aromatic carbocycles. The molecule has 22 heavy (non-hydrogen) atoms. The number of aliphatic carboxylic acids is 1. The van der Waals surface area contributed by atoms with Crippen LogP contribution in [0.1, 0.15) is 38.8 Å². The van der Waals surface area contributed by atoms with Crippen LogP contribution in [0.5, 0.6) is 5.75 Å². The highest BCUT2D eigenvalue weighted by molar-refractivity contribution is 5.75. The predicted octanol–water partition coefficient (Wildman–Crippen LogP) is 2.65. The number of rotatable bonds is 7. The highest BCUT2D eigenvalue weighted by Crippen LogP contribution is 2.18. The topological polar surface area (TPSA) is 78.9 Å².